The number of pyridine rings is 1. The van der Waals surface area contributed by atoms with Gasteiger partial charge in [0.05, 0.1) is 6.42 Å². The summed E-state index contributed by atoms with van der Waals surface area (Å²) >= 11 is 0. The number of aromatic amines is 1. The number of hydrogen-bond donors (Lipinski definition) is 4. The van der Waals surface area contributed by atoms with E-state index in [1.807, 2.05) is 24.3 Å². The Morgan fingerprint density at radius 1 is 0.974 bits per heavy atom. The number of amides is 2. The third-order valence-corrected chi connectivity index (χ3v) is 6.20. The fourth-order valence-electron chi connectivity index (χ4n) is 4.24. The van der Waals surface area contributed by atoms with Crippen LogP contribution in [-0.2, 0) is 20.8 Å². The van der Waals surface area contributed by atoms with Gasteiger partial charge in [0.25, 0.3) is 11.5 Å². The molecule has 2 amide bonds. The first-order valence-corrected chi connectivity index (χ1v) is 12.0. The highest BCUT2D eigenvalue weighted by atomic mass is 19.1. The lowest BCUT2D eigenvalue weighted by atomic mass is 10.0. The first kappa shape index (κ1) is 27.0. The summed E-state index contributed by atoms with van der Waals surface area (Å²) in [5.41, 5.74) is 0.988. The second-order valence-electron chi connectivity index (χ2n) is 8.79. The number of hydrogen-bond acceptors (Lipinski definition) is 5. The van der Waals surface area contributed by atoms with Crippen LogP contribution in [0, 0.1) is 0 Å². The highest BCUT2D eigenvalue weighted by Gasteiger charge is 2.30. The van der Waals surface area contributed by atoms with Gasteiger partial charge in [0.2, 0.25) is 5.91 Å². The summed E-state index contributed by atoms with van der Waals surface area (Å²) in [6.07, 6.45) is 2.17. The number of rotatable bonds is 11. The van der Waals surface area contributed by atoms with Crippen LogP contribution in [0.15, 0.2) is 83.9 Å². The van der Waals surface area contributed by atoms with E-state index in [0.717, 1.165) is 15.5 Å². The van der Waals surface area contributed by atoms with Crippen molar-refractivity contribution in [1.29, 1.82) is 0 Å². The first-order chi connectivity index (χ1) is 18.8. The molecule has 2 aromatic heterocycles. The largest absolute Gasteiger partial charge is 0.481 e. The lowest BCUT2D eigenvalue weighted by Gasteiger charge is -2.23. The van der Waals surface area contributed by atoms with Crippen LogP contribution in [0.3, 0.4) is 0 Å². The van der Waals surface area contributed by atoms with Crippen molar-refractivity contribution in [2.24, 2.45) is 0 Å². The van der Waals surface area contributed by atoms with Crippen LogP contribution in [0.1, 0.15) is 28.4 Å². The third kappa shape index (κ3) is 6.27. The van der Waals surface area contributed by atoms with E-state index in [9.17, 15) is 28.4 Å². The second kappa shape index (κ2) is 12.0. The van der Waals surface area contributed by atoms with E-state index in [4.69, 9.17) is 5.11 Å². The molecule has 4 rings (SSSR count). The quantitative estimate of drug-likeness (QED) is 0.233. The molecule has 0 radical (unpaired) electrons. The normalized spacial score (nSPS) is 12.4. The first-order valence-electron chi connectivity index (χ1n) is 12.0. The Morgan fingerprint density at radius 2 is 1.69 bits per heavy atom. The molecule has 11 heteroatoms. The van der Waals surface area contributed by atoms with E-state index in [-0.39, 0.29) is 12.1 Å². The number of nitrogens with one attached hydrogen (secondary N) is 3. The molecular weight excluding hydrogens is 507 g/mol. The Kier molecular flexibility index (Phi) is 8.30. The van der Waals surface area contributed by atoms with Crippen molar-refractivity contribution in [1.82, 2.24) is 14.9 Å². The molecule has 0 aliphatic heterocycles. The molecule has 2 atom stereocenters. The minimum atomic E-state index is -1.62. The predicted molar refractivity (Wildman–Crippen MR) is 141 cm³/mol. The fraction of sp³-hybridized carbons (Fsp3) is 0.179. The van der Waals surface area contributed by atoms with E-state index >= 15 is 0 Å². The number of fused-ring (bicyclic) bond motifs is 1. The molecule has 0 bridgehead atoms. The summed E-state index contributed by atoms with van der Waals surface area (Å²) in [7, 11) is 0. The number of carbonyl (C=O) groups excluding carboxylic acids is 3. The number of halogens is 1. The van der Waals surface area contributed by atoms with Crippen molar-refractivity contribution in [3.05, 3.63) is 101 Å². The Labute approximate surface area is 221 Å². The topological polar surface area (TPSA) is 150 Å². The average Bonchev–Trinajstić information content (AvgIpc) is 3.35. The van der Waals surface area contributed by atoms with Crippen molar-refractivity contribution >= 4 is 40.2 Å². The third-order valence-electron chi connectivity index (χ3n) is 6.20. The number of nitrogens with zero attached hydrogens (tertiary/aromatic N) is 1. The van der Waals surface area contributed by atoms with Gasteiger partial charge in [0, 0.05) is 35.3 Å². The van der Waals surface area contributed by atoms with Crippen LogP contribution in [0.5, 0.6) is 0 Å². The number of aromatic nitrogens is 2. The molecule has 0 saturated heterocycles. The van der Waals surface area contributed by atoms with Gasteiger partial charge in [-0.15, -0.1) is 0 Å². The SMILES string of the molecule is O=C(O)CC(NC(=O)C(Cc1c[nH]c2ccccc12)n1cccc(NC(=O)c2ccccc2)c1=O)C(=O)CF. The number of Topliss-reactive ketones (excluding diaryl/α,β-unsaturated/α-hetero) is 1. The summed E-state index contributed by atoms with van der Waals surface area (Å²) in [6, 6.07) is 15.5. The molecule has 39 heavy (non-hydrogen) atoms. The number of aliphatic carboxylic acids is 1. The lowest BCUT2D eigenvalue weighted by molar-refractivity contribution is -0.140. The number of carboxylic acids is 1. The molecule has 10 nitrogen and oxygen atoms in total. The number of ketones is 1. The fourth-order valence-corrected chi connectivity index (χ4v) is 4.24. The van der Waals surface area contributed by atoms with Crippen LogP contribution < -0.4 is 16.2 Å². The van der Waals surface area contributed by atoms with Gasteiger partial charge in [-0.25, -0.2) is 4.39 Å². The smallest absolute Gasteiger partial charge is 0.305 e. The van der Waals surface area contributed by atoms with E-state index in [1.54, 1.807) is 36.5 Å². The molecule has 0 fully saturated rings. The molecule has 4 aromatic rings. The van der Waals surface area contributed by atoms with Gasteiger partial charge in [-0.1, -0.05) is 36.4 Å². The molecule has 0 spiro atoms. The molecule has 0 saturated carbocycles. The molecule has 200 valence electrons. The summed E-state index contributed by atoms with van der Waals surface area (Å²) in [6.45, 7) is -1.47. The number of alkyl halides is 1. The minimum Gasteiger partial charge on any atom is -0.481 e. The predicted octanol–water partition coefficient (Wildman–Crippen LogP) is 2.86. The maximum Gasteiger partial charge on any atom is 0.305 e. The summed E-state index contributed by atoms with van der Waals surface area (Å²) < 4.78 is 14.2. The van der Waals surface area contributed by atoms with Gasteiger partial charge in [-0.2, -0.15) is 0 Å². The second-order valence-corrected chi connectivity index (χ2v) is 8.79. The van der Waals surface area contributed by atoms with Gasteiger partial charge < -0.3 is 25.3 Å². The molecule has 2 heterocycles. The lowest BCUT2D eigenvalue weighted by Crippen LogP contribution is -2.47. The number of H-pyrrole nitrogens is 1. The van der Waals surface area contributed by atoms with Crippen molar-refractivity contribution in [2.75, 3.05) is 12.0 Å². The Hall–Kier alpha value is -5.06. The molecule has 2 aromatic carbocycles. The van der Waals surface area contributed by atoms with Crippen LogP contribution in [0.2, 0.25) is 0 Å². The number of carbonyl (C=O) groups is 4. The number of para-hydroxylation sites is 1. The van der Waals surface area contributed by atoms with E-state index in [1.165, 1.54) is 18.3 Å². The zero-order chi connectivity index (χ0) is 27.9. The van der Waals surface area contributed by atoms with Crippen molar-refractivity contribution in [2.45, 2.75) is 24.9 Å². The Balaban J connectivity index is 1.71. The number of benzene rings is 2. The average molecular weight is 533 g/mol. The molecular formula is C28H25FN4O6. The Morgan fingerprint density at radius 3 is 2.41 bits per heavy atom. The molecule has 0 aliphatic carbocycles. The molecule has 0 aliphatic rings. The monoisotopic (exact) mass is 532 g/mol. The van der Waals surface area contributed by atoms with Crippen LogP contribution in [0.4, 0.5) is 10.1 Å². The zero-order valence-electron chi connectivity index (χ0n) is 20.6. The maximum atomic E-state index is 13.5. The van der Waals surface area contributed by atoms with Crippen LogP contribution in [-0.4, -0.2) is 50.9 Å². The standard InChI is InChI=1S/C28H25FN4O6/c29-15-24(34)22(14-25(35)36)32-27(38)23(13-18-16-30-20-10-5-4-9-19(18)20)33-12-6-11-21(28(33)39)31-26(37)17-7-2-1-3-8-17/h1-12,16,22-23,30H,13-15H2,(H,31,37)(H,32,38)(H,35,36). The van der Waals surface area contributed by atoms with E-state index < -0.39 is 54.3 Å². The highest BCUT2D eigenvalue weighted by Crippen LogP contribution is 2.23. The van der Waals surface area contributed by atoms with Gasteiger partial charge in [0.15, 0.2) is 5.78 Å². The van der Waals surface area contributed by atoms with Gasteiger partial charge in [-0.05, 0) is 35.9 Å². The molecule has 4 N–H and O–H groups in total. The maximum absolute atomic E-state index is 13.5. The summed E-state index contributed by atoms with van der Waals surface area (Å²) in [4.78, 5) is 66.0. The van der Waals surface area contributed by atoms with E-state index in [0.29, 0.717) is 11.1 Å². The van der Waals surface area contributed by atoms with Crippen molar-refractivity contribution in [3.63, 3.8) is 0 Å². The highest BCUT2D eigenvalue weighted by molar-refractivity contribution is 6.04. The Bertz CT molecular complexity index is 1580. The van der Waals surface area contributed by atoms with Gasteiger partial charge in [-0.3, -0.25) is 24.0 Å². The number of carboxylic acid groups (broad SMARTS) is 1. The van der Waals surface area contributed by atoms with Crippen LogP contribution in [0.25, 0.3) is 10.9 Å². The summed E-state index contributed by atoms with van der Waals surface area (Å²) in [5.74, 6) is -3.90. The summed E-state index contributed by atoms with van der Waals surface area (Å²) in [5, 5.41) is 14.8. The molecule has 2 unspecified atom stereocenters. The van der Waals surface area contributed by atoms with Crippen molar-refractivity contribution < 1.29 is 28.7 Å². The van der Waals surface area contributed by atoms with Gasteiger partial charge in [0.1, 0.15) is 24.4 Å². The van der Waals surface area contributed by atoms with Crippen LogP contribution >= 0.6 is 0 Å². The minimum absolute atomic E-state index is 0.0323. The number of anilines is 1. The van der Waals surface area contributed by atoms with Crippen molar-refractivity contribution in [3.8, 4) is 0 Å². The van der Waals surface area contributed by atoms with Gasteiger partial charge >= 0.3 is 5.97 Å². The van der Waals surface area contributed by atoms with E-state index in [2.05, 4.69) is 15.6 Å². The zero-order valence-corrected chi connectivity index (χ0v) is 20.6.